The van der Waals surface area contributed by atoms with Gasteiger partial charge in [-0.1, -0.05) is 43.0 Å². The van der Waals surface area contributed by atoms with E-state index in [1.54, 1.807) is 6.08 Å². The second-order valence-electron chi connectivity index (χ2n) is 5.27. The molecule has 0 unspecified atom stereocenters. The Balaban J connectivity index is 2.13. The Kier molecular flexibility index (Phi) is 4.11. The molecule has 3 heteroatoms. The lowest BCUT2D eigenvalue weighted by Gasteiger charge is -2.08. The molecule has 2 N–H and O–H groups in total. The first kappa shape index (κ1) is 14.9. The third kappa shape index (κ3) is 2.94. The zero-order valence-corrected chi connectivity index (χ0v) is 13.1. The second-order valence-corrected chi connectivity index (χ2v) is 5.27. The topological polar surface area (TPSA) is 43.8 Å². The summed E-state index contributed by atoms with van der Waals surface area (Å²) >= 11 is 0. The van der Waals surface area contributed by atoms with Crippen molar-refractivity contribution in [2.24, 2.45) is 0 Å². The predicted octanol–water partition coefficient (Wildman–Crippen LogP) is 4.75. The van der Waals surface area contributed by atoms with Gasteiger partial charge in [0.15, 0.2) is 0 Å². The van der Waals surface area contributed by atoms with Crippen LogP contribution in [0.1, 0.15) is 12.5 Å². The standard InChI is InChI=1S/C20H19N3/c1-3-6-15(7-4-2)16-8-5-9-18(12-16)23-14-22-19-11-10-17(21)13-20(19)23/h3-14H,1,21H2,2H3/b7-4-,15-6+. The average molecular weight is 301 g/mol. The van der Waals surface area contributed by atoms with Gasteiger partial charge in [-0.2, -0.15) is 0 Å². The molecule has 3 rings (SSSR count). The Morgan fingerprint density at radius 2 is 2.09 bits per heavy atom. The summed E-state index contributed by atoms with van der Waals surface area (Å²) in [5.41, 5.74) is 11.9. The van der Waals surface area contributed by atoms with Crippen LogP contribution in [-0.4, -0.2) is 9.55 Å². The lowest BCUT2D eigenvalue weighted by molar-refractivity contribution is 1.09. The molecule has 0 radical (unpaired) electrons. The van der Waals surface area contributed by atoms with E-state index in [1.165, 1.54) is 0 Å². The van der Waals surface area contributed by atoms with Gasteiger partial charge in [-0.3, -0.25) is 4.57 Å². The summed E-state index contributed by atoms with van der Waals surface area (Å²) in [7, 11) is 0. The Bertz CT molecular complexity index is 914. The summed E-state index contributed by atoms with van der Waals surface area (Å²) in [5.74, 6) is 0. The summed E-state index contributed by atoms with van der Waals surface area (Å²) in [4.78, 5) is 4.45. The van der Waals surface area contributed by atoms with Crippen molar-refractivity contribution in [2.75, 3.05) is 5.73 Å². The molecule has 0 aliphatic rings. The van der Waals surface area contributed by atoms with E-state index in [0.29, 0.717) is 0 Å². The van der Waals surface area contributed by atoms with Crippen LogP contribution in [-0.2, 0) is 0 Å². The van der Waals surface area contributed by atoms with Gasteiger partial charge in [-0.05, 0) is 48.4 Å². The number of rotatable bonds is 4. The molecule has 0 spiro atoms. The van der Waals surface area contributed by atoms with E-state index >= 15 is 0 Å². The first-order valence-electron chi connectivity index (χ1n) is 7.51. The van der Waals surface area contributed by atoms with Gasteiger partial charge in [0.2, 0.25) is 0 Å². The van der Waals surface area contributed by atoms with Crippen LogP contribution in [0.15, 0.2) is 79.7 Å². The number of nitrogens with zero attached hydrogens (tertiary/aromatic N) is 2. The number of fused-ring (bicyclic) bond motifs is 1. The van der Waals surface area contributed by atoms with Crippen molar-refractivity contribution < 1.29 is 0 Å². The highest BCUT2D eigenvalue weighted by Crippen LogP contribution is 2.24. The Morgan fingerprint density at radius 3 is 2.87 bits per heavy atom. The monoisotopic (exact) mass is 301 g/mol. The lowest BCUT2D eigenvalue weighted by atomic mass is 10.0. The quantitative estimate of drug-likeness (QED) is 0.558. The van der Waals surface area contributed by atoms with Crippen molar-refractivity contribution in [2.45, 2.75) is 6.92 Å². The Morgan fingerprint density at radius 1 is 1.22 bits per heavy atom. The number of benzene rings is 2. The van der Waals surface area contributed by atoms with Gasteiger partial charge < -0.3 is 5.73 Å². The minimum absolute atomic E-state index is 0.733. The maximum Gasteiger partial charge on any atom is 0.100 e. The van der Waals surface area contributed by atoms with Gasteiger partial charge in [-0.25, -0.2) is 4.98 Å². The largest absolute Gasteiger partial charge is 0.399 e. The van der Waals surface area contributed by atoms with Crippen LogP contribution >= 0.6 is 0 Å². The van der Waals surface area contributed by atoms with Crippen molar-refractivity contribution in [1.82, 2.24) is 9.55 Å². The molecule has 0 aliphatic heterocycles. The molecular formula is C20H19N3. The predicted molar refractivity (Wildman–Crippen MR) is 98.5 cm³/mol. The highest BCUT2D eigenvalue weighted by Gasteiger charge is 2.06. The van der Waals surface area contributed by atoms with E-state index < -0.39 is 0 Å². The van der Waals surface area contributed by atoms with Crippen molar-refractivity contribution in [3.8, 4) is 5.69 Å². The number of hydrogen-bond acceptors (Lipinski definition) is 2. The maximum atomic E-state index is 5.92. The van der Waals surface area contributed by atoms with Crippen LogP contribution in [0.2, 0.25) is 0 Å². The van der Waals surface area contributed by atoms with Gasteiger partial charge in [0.25, 0.3) is 0 Å². The van der Waals surface area contributed by atoms with Gasteiger partial charge in [0.05, 0.1) is 11.0 Å². The Labute approximate surface area is 136 Å². The molecule has 3 nitrogen and oxygen atoms in total. The molecule has 1 heterocycles. The number of aromatic nitrogens is 2. The number of imidazole rings is 1. The normalized spacial score (nSPS) is 12.1. The van der Waals surface area contributed by atoms with E-state index in [-0.39, 0.29) is 0 Å². The molecule has 0 fully saturated rings. The second kappa shape index (κ2) is 6.36. The maximum absolute atomic E-state index is 5.92. The van der Waals surface area contributed by atoms with E-state index in [9.17, 15) is 0 Å². The van der Waals surface area contributed by atoms with Gasteiger partial charge in [0, 0.05) is 11.4 Å². The van der Waals surface area contributed by atoms with Crippen LogP contribution in [0.4, 0.5) is 5.69 Å². The SMILES string of the molecule is C=C/C=C(\C=C/C)c1cccc(-n2cnc3ccc(N)cc32)c1. The molecule has 0 aliphatic carbocycles. The minimum atomic E-state index is 0.733. The third-order valence-corrected chi connectivity index (χ3v) is 3.67. The molecule has 0 saturated carbocycles. The van der Waals surface area contributed by atoms with Crippen molar-refractivity contribution in [3.05, 3.63) is 85.2 Å². The summed E-state index contributed by atoms with van der Waals surface area (Å²) in [6.07, 6.45) is 9.73. The molecule has 0 amide bonds. The fourth-order valence-electron chi connectivity index (χ4n) is 2.62. The van der Waals surface area contributed by atoms with Crippen LogP contribution in [0.5, 0.6) is 0 Å². The van der Waals surface area contributed by atoms with Crippen LogP contribution in [0.3, 0.4) is 0 Å². The van der Waals surface area contributed by atoms with Gasteiger partial charge in [-0.15, -0.1) is 0 Å². The molecule has 2 aromatic carbocycles. The zero-order chi connectivity index (χ0) is 16.2. The van der Waals surface area contributed by atoms with Crippen LogP contribution in [0, 0.1) is 0 Å². The summed E-state index contributed by atoms with van der Waals surface area (Å²) in [6.45, 7) is 5.80. The first-order chi connectivity index (χ1) is 11.2. The smallest absolute Gasteiger partial charge is 0.100 e. The molecule has 0 saturated heterocycles. The molecule has 3 aromatic rings. The minimum Gasteiger partial charge on any atom is -0.399 e. The van der Waals surface area contributed by atoms with E-state index in [2.05, 4.69) is 40.4 Å². The fraction of sp³-hybridized carbons (Fsp3) is 0.0500. The molecule has 23 heavy (non-hydrogen) atoms. The van der Waals surface area contributed by atoms with Crippen molar-refractivity contribution in [1.29, 1.82) is 0 Å². The summed E-state index contributed by atoms with van der Waals surface area (Å²) < 4.78 is 2.05. The highest BCUT2D eigenvalue weighted by atomic mass is 15.0. The first-order valence-corrected chi connectivity index (χ1v) is 7.51. The van der Waals surface area contributed by atoms with Crippen molar-refractivity contribution in [3.63, 3.8) is 0 Å². The van der Waals surface area contributed by atoms with Crippen molar-refractivity contribution >= 4 is 22.3 Å². The number of hydrogen-bond donors (Lipinski definition) is 1. The summed E-state index contributed by atoms with van der Waals surface area (Å²) in [5, 5.41) is 0. The molecule has 1 aromatic heterocycles. The number of allylic oxidation sites excluding steroid dienone is 5. The van der Waals surface area contributed by atoms with E-state index in [0.717, 1.165) is 33.5 Å². The molecule has 0 bridgehead atoms. The number of nitrogen functional groups attached to an aromatic ring is 1. The third-order valence-electron chi connectivity index (χ3n) is 3.67. The van der Waals surface area contributed by atoms with Gasteiger partial charge in [0.1, 0.15) is 6.33 Å². The zero-order valence-electron chi connectivity index (χ0n) is 13.1. The Hall–Kier alpha value is -3.07. The highest BCUT2D eigenvalue weighted by molar-refractivity contribution is 5.81. The fourth-order valence-corrected chi connectivity index (χ4v) is 2.62. The van der Waals surface area contributed by atoms with E-state index in [1.807, 2.05) is 49.7 Å². The number of nitrogens with two attached hydrogens (primary N) is 1. The lowest BCUT2D eigenvalue weighted by Crippen LogP contribution is -1.94. The molecule has 0 atom stereocenters. The summed E-state index contributed by atoms with van der Waals surface area (Å²) in [6, 6.07) is 14.1. The van der Waals surface area contributed by atoms with Gasteiger partial charge >= 0.3 is 0 Å². The molecular weight excluding hydrogens is 282 g/mol. The van der Waals surface area contributed by atoms with Crippen LogP contribution < -0.4 is 5.73 Å². The van der Waals surface area contributed by atoms with E-state index in [4.69, 9.17) is 5.73 Å². The average Bonchev–Trinajstić information content (AvgIpc) is 2.98. The molecule has 114 valence electrons. The van der Waals surface area contributed by atoms with Crippen LogP contribution in [0.25, 0.3) is 22.3 Å². The number of anilines is 1.